The summed E-state index contributed by atoms with van der Waals surface area (Å²) in [6, 6.07) is 3.55. The van der Waals surface area contributed by atoms with Crippen LogP contribution in [0.1, 0.15) is 10.4 Å². The normalized spacial score (nSPS) is 11.1. The van der Waals surface area contributed by atoms with E-state index >= 15 is 0 Å². The van der Waals surface area contributed by atoms with Gasteiger partial charge in [-0.1, -0.05) is 11.6 Å². The predicted octanol–water partition coefficient (Wildman–Crippen LogP) is 0.774. The number of ether oxygens (including phenoxy) is 1. The van der Waals surface area contributed by atoms with Gasteiger partial charge in [0.05, 0.1) is 17.6 Å². The first-order chi connectivity index (χ1) is 6.84. The van der Waals surface area contributed by atoms with Crippen LogP contribution in [-0.2, 0) is 14.8 Å². The van der Waals surface area contributed by atoms with Crippen LogP contribution in [0.4, 0.5) is 0 Å². The van der Waals surface area contributed by atoms with E-state index in [0.717, 1.165) is 12.1 Å². The molecule has 0 unspecified atom stereocenters. The molecule has 5 nitrogen and oxygen atoms in total. The first-order valence-corrected chi connectivity index (χ1v) is 5.68. The van der Waals surface area contributed by atoms with Gasteiger partial charge in [0.2, 0.25) is 10.0 Å². The number of sulfonamides is 1. The van der Waals surface area contributed by atoms with E-state index in [1.165, 1.54) is 13.2 Å². The van der Waals surface area contributed by atoms with E-state index in [-0.39, 0.29) is 15.5 Å². The van der Waals surface area contributed by atoms with E-state index in [1.807, 2.05) is 0 Å². The minimum atomic E-state index is -3.88. The number of primary sulfonamides is 1. The maximum absolute atomic E-state index is 11.1. The Morgan fingerprint density at radius 1 is 1.40 bits per heavy atom. The van der Waals surface area contributed by atoms with E-state index < -0.39 is 16.0 Å². The maximum atomic E-state index is 11.1. The molecule has 15 heavy (non-hydrogen) atoms. The Morgan fingerprint density at radius 3 is 2.47 bits per heavy atom. The molecule has 2 N–H and O–H groups in total. The molecule has 0 aromatic heterocycles. The summed E-state index contributed by atoms with van der Waals surface area (Å²) in [6.45, 7) is 0. The number of rotatable bonds is 2. The molecule has 0 atom stereocenters. The second-order valence-electron chi connectivity index (χ2n) is 2.71. The number of hydrogen-bond acceptors (Lipinski definition) is 4. The molecule has 0 saturated carbocycles. The molecule has 0 heterocycles. The predicted molar refractivity (Wildman–Crippen MR) is 54.2 cm³/mol. The summed E-state index contributed by atoms with van der Waals surface area (Å²) in [5, 5.41) is 5.00. The zero-order valence-electron chi connectivity index (χ0n) is 7.73. The van der Waals surface area contributed by atoms with Crippen molar-refractivity contribution in [2.45, 2.75) is 4.90 Å². The fourth-order valence-electron chi connectivity index (χ4n) is 0.963. The van der Waals surface area contributed by atoms with Gasteiger partial charge in [-0.3, -0.25) is 0 Å². The van der Waals surface area contributed by atoms with Crippen LogP contribution >= 0.6 is 11.6 Å². The van der Waals surface area contributed by atoms with Crippen molar-refractivity contribution >= 4 is 27.6 Å². The molecule has 7 heteroatoms. The molecule has 0 aliphatic heterocycles. The van der Waals surface area contributed by atoms with Crippen molar-refractivity contribution in [1.29, 1.82) is 0 Å². The number of methoxy groups -OCH3 is 1. The molecule has 0 saturated heterocycles. The molecule has 0 fully saturated rings. The first-order valence-electron chi connectivity index (χ1n) is 3.76. The molecule has 0 aliphatic rings. The van der Waals surface area contributed by atoms with E-state index in [9.17, 15) is 13.2 Å². The average molecular weight is 250 g/mol. The Balaban J connectivity index is 3.35. The SMILES string of the molecule is COC(=O)c1cc(Cl)cc(S(N)(=O)=O)c1. The standard InChI is InChI=1S/C8H8ClNO4S/c1-14-8(11)5-2-6(9)4-7(3-5)15(10,12)13/h2-4H,1H3,(H2,10,12,13). The third-order valence-electron chi connectivity index (χ3n) is 1.62. The third-order valence-corrected chi connectivity index (χ3v) is 2.73. The lowest BCUT2D eigenvalue weighted by Gasteiger charge is -2.03. The summed E-state index contributed by atoms with van der Waals surface area (Å²) in [5.74, 6) is -0.678. The van der Waals surface area contributed by atoms with Gasteiger partial charge in [-0.15, -0.1) is 0 Å². The molecule has 1 aromatic rings. The van der Waals surface area contributed by atoms with Crippen molar-refractivity contribution in [2.75, 3.05) is 7.11 Å². The number of hydrogen-bond donors (Lipinski definition) is 1. The maximum Gasteiger partial charge on any atom is 0.337 e. The highest BCUT2D eigenvalue weighted by Gasteiger charge is 2.14. The summed E-state index contributed by atoms with van der Waals surface area (Å²) in [4.78, 5) is 10.9. The summed E-state index contributed by atoms with van der Waals surface area (Å²) in [5.41, 5.74) is 0.0361. The highest BCUT2D eigenvalue weighted by Crippen LogP contribution is 2.18. The Hall–Kier alpha value is -1.11. The summed E-state index contributed by atoms with van der Waals surface area (Å²) in [7, 11) is -2.70. The quantitative estimate of drug-likeness (QED) is 0.785. The fraction of sp³-hybridized carbons (Fsp3) is 0.125. The zero-order valence-corrected chi connectivity index (χ0v) is 9.30. The van der Waals surface area contributed by atoms with Gasteiger partial charge in [0, 0.05) is 5.02 Å². The number of carbonyl (C=O) groups is 1. The second kappa shape index (κ2) is 4.18. The minimum Gasteiger partial charge on any atom is -0.465 e. The molecule has 0 spiro atoms. The third kappa shape index (κ3) is 2.92. The van der Waals surface area contributed by atoms with Crippen LogP contribution in [0.5, 0.6) is 0 Å². The number of esters is 1. The Labute approximate surface area is 91.8 Å². The topological polar surface area (TPSA) is 86.5 Å². The van der Waals surface area contributed by atoms with E-state index in [4.69, 9.17) is 16.7 Å². The van der Waals surface area contributed by atoms with E-state index in [1.54, 1.807) is 0 Å². The van der Waals surface area contributed by atoms with Gasteiger partial charge in [-0.05, 0) is 18.2 Å². The Morgan fingerprint density at radius 2 is 2.00 bits per heavy atom. The van der Waals surface area contributed by atoms with Crippen LogP contribution in [-0.4, -0.2) is 21.5 Å². The second-order valence-corrected chi connectivity index (χ2v) is 4.71. The van der Waals surface area contributed by atoms with Gasteiger partial charge in [-0.2, -0.15) is 0 Å². The van der Waals surface area contributed by atoms with Gasteiger partial charge >= 0.3 is 5.97 Å². The van der Waals surface area contributed by atoms with Crippen LogP contribution in [0.25, 0.3) is 0 Å². The van der Waals surface area contributed by atoms with Crippen LogP contribution < -0.4 is 5.14 Å². The van der Waals surface area contributed by atoms with Crippen molar-refractivity contribution in [2.24, 2.45) is 5.14 Å². The molecule has 1 aromatic carbocycles. The van der Waals surface area contributed by atoms with E-state index in [2.05, 4.69) is 4.74 Å². The average Bonchev–Trinajstić information content (AvgIpc) is 2.14. The van der Waals surface area contributed by atoms with Crippen molar-refractivity contribution < 1.29 is 17.9 Å². The molecular formula is C8H8ClNO4S. The Bertz CT molecular complexity index is 497. The smallest absolute Gasteiger partial charge is 0.337 e. The van der Waals surface area contributed by atoms with Crippen molar-refractivity contribution in [1.82, 2.24) is 0 Å². The molecular weight excluding hydrogens is 242 g/mol. The highest BCUT2D eigenvalue weighted by molar-refractivity contribution is 7.89. The first kappa shape index (κ1) is 12.0. The number of benzene rings is 1. The van der Waals surface area contributed by atoms with Crippen LogP contribution in [0.15, 0.2) is 23.1 Å². The summed E-state index contributed by atoms with van der Waals surface area (Å²) >= 11 is 5.63. The lowest BCUT2D eigenvalue weighted by molar-refractivity contribution is 0.0600. The lowest BCUT2D eigenvalue weighted by Crippen LogP contribution is -2.13. The van der Waals surface area contributed by atoms with Gasteiger partial charge in [0.15, 0.2) is 0 Å². The number of carbonyl (C=O) groups excluding carboxylic acids is 1. The van der Waals surface area contributed by atoms with Crippen molar-refractivity contribution in [3.63, 3.8) is 0 Å². The summed E-state index contributed by atoms with van der Waals surface area (Å²) < 4.78 is 26.5. The monoisotopic (exact) mass is 249 g/mol. The molecule has 82 valence electrons. The zero-order chi connectivity index (χ0) is 11.6. The van der Waals surface area contributed by atoms with Crippen molar-refractivity contribution in [3.05, 3.63) is 28.8 Å². The van der Waals surface area contributed by atoms with Crippen LogP contribution in [0.3, 0.4) is 0 Å². The van der Waals surface area contributed by atoms with Crippen molar-refractivity contribution in [3.8, 4) is 0 Å². The lowest BCUT2D eigenvalue weighted by atomic mass is 10.2. The Kier molecular flexibility index (Phi) is 3.33. The van der Waals surface area contributed by atoms with Crippen LogP contribution in [0, 0.1) is 0 Å². The van der Waals surface area contributed by atoms with Crippen LogP contribution in [0.2, 0.25) is 5.02 Å². The van der Waals surface area contributed by atoms with E-state index in [0.29, 0.717) is 0 Å². The molecule has 0 radical (unpaired) electrons. The fourth-order valence-corrected chi connectivity index (χ4v) is 1.84. The van der Waals surface area contributed by atoms with Gasteiger partial charge in [-0.25, -0.2) is 18.4 Å². The van der Waals surface area contributed by atoms with Gasteiger partial charge in [0.25, 0.3) is 0 Å². The molecule has 1 rings (SSSR count). The number of nitrogens with two attached hydrogens (primary N) is 1. The van der Waals surface area contributed by atoms with Gasteiger partial charge in [0.1, 0.15) is 0 Å². The largest absolute Gasteiger partial charge is 0.465 e. The summed E-state index contributed by atoms with van der Waals surface area (Å²) in [6.07, 6.45) is 0. The minimum absolute atomic E-state index is 0.0361. The number of halogens is 1. The molecule has 0 bridgehead atoms. The molecule has 0 amide bonds. The highest BCUT2D eigenvalue weighted by atomic mass is 35.5. The molecule has 0 aliphatic carbocycles. The van der Waals surface area contributed by atoms with Gasteiger partial charge < -0.3 is 4.74 Å².